The van der Waals surface area contributed by atoms with Gasteiger partial charge in [0.05, 0.1) is 13.0 Å². The molecule has 4 heteroatoms. The SMILES string of the molecule is NCCC(=O)OCCc1cccs1. The van der Waals surface area contributed by atoms with E-state index in [1.165, 1.54) is 4.88 Å². The molecule has 0 radical (unpaired) electrons. The van der Waals surface area contributed by atoms with Crippen molar-refractivity contribution < 1.29 is 9.53 Å². The van der Waals surface area contributed by atoms with Gasteiger partial charge in [-0.25, -0.2) is 0 Å². The molecule has 1 aromatic heterocycles. The Kier molecular flexibility index (Phi) is 4.49. The van der Waals surface area contributed by atoms with E-state index in [9.17, 15) is 4.79 Å². The summed E-state index contributed by atoms with van der Waals surface area (Å²) in [4.78, 5) is 12.1. The van der Waals surface area contributed by atoms with Gasteiger partial charge < -0.3 is 10.5 Å². The molecule has 0 fully saturated rings. The molecule has 13 heavy (non-hydrogen) atoms. The number of rotatable bonds is 5. The second-order valence-electron chi connectivity index (χ2n) is 2.59. The molecule has 0 amide bonds. The van der Waals surface area contributed by atoms with Gasteiger partial charge in [-0.1, -0.05) is 6.07 Å². The maximum Gasteiger partial charge on any atom is 0.307 e. The highest BCUT2D eigenvalue weighted by Gasteiger charge is 2.00. The van der Waals surface area contributed by atoms with Crippen LogP contribution in [0.5, 0.6) is 0 Å². The molecule has 0 saturated carbocycles. The lowest BCUT2D eigenvalue weighted by Crippen LogP contribution is -2.12. The number of esters is 1. The first-order chi connectivity index (χ1) is 6.33. The van der Waals surface area contributed by atoms with Crippen LogP contribution in [-0.2, 0) is 16.0 Å². The topological polar surface area (TPSA) is 52.3 Å². The summed E-state index contributed by atoms with van der Waals surface area (Å²) in [6.45, 7) is 0.817. The first kappa shape index (κ1) is 10.2. The highest BCUT2D eigenvalue weighted by molar-refractivity contribution is 7.09. The largest absolute Gasteiger partial charge is 0.465 e. The van der Waals surface area contributed by atoms with E-state index >= 15 is 0 Å². The molecule has 0 aromatic carbocycles. The lowest BCUT2D eigenvalue weighted by atomic mass is 10.3. The molecule has 0 bridgehead atoms. The fraction of sp³-hybridized carbons (Fsp3) is 0.444. The Morgan fingerprint density at radius 2 is 2.46 bits per heavy atom. The second kappa shape index (κ2) is 5.72. The molecule has 0 unspecified atom stereocenters. The predicted octanol–water partition coefficient (Wildman–Crippen LogP) is 1.18. The Balaban J connectivity index is 2.11. The summed E-state index contributed by atoms with van der Waals surface area (Å²) >= 11 is 1.67. The van der Waals surface area contributed by atoms with Crippen molar-refractivity contribution >= 4 is 17.3 Å². The maximum absolute atomic E-state index is 10.9. The van der Waals surface area contributed by atoms with Crippen LogP contribution in [0.25, 0.3) is 0 Å². The van der Waals surface area contributed by atoms with Crippen molar-refractivity contribution in [2.75, 3.05) is 13.2 Å². The molecule has 72 valence electrons. The Labute approximate surface area is 81.5 Å². The lowest BCUT2D eigenvalue weighted by molar-refractivity contribution is -0.143. The van der Waals surface area contributed by atoms with E-state index in [1.54, 1.807) is 11.3 Å². The molecule has 0 saturated heterocycles. The number of thiophene rings is 1. The third-order valence-electron chi connectivity index (χ3n) is 1.54. The molecule has 3 nitrogen and oxygen atoms in total. The molecule has 2 N–H and O–H groups in total. The molecule has 0 aliphatic heterocycles. The van der Waals surface area contributed by atoms with Gasteiger partial charge in [-0.3, -0.25) is 4.79 Å². The summed E-state index contributed by atoms with van der Waals surface area (Å²) < 4.78 is 4.94. The third-order valence-corrected chi connectivity index (χ3v) is 2.48. The maximum atomic E-state index is 10.9. The van der Waals surface area contributed by atoms with Crippen LogP contribution in [-0.4, -0.2) is 19.1 Å². The third kappa shape index (κ3) is 4.05. The van der Waals surface area contributed by atoms with Crippen molar-refractivity contribution in [3.05, 3.63) is 22.4 Å². The number of hydrogen-bond donors (Lipinski definition) is 1. The highest BCUT2D eigenvalue weighted by Crippen LogP contribution is 2.08. The van der Waals surface area contributed by atoms with Gasteiger partial charge in [0.1, 0.15) is 0 Å². The van der Waals surface area contributed by atoms with E-state index in [0.717, 1.165) is 6.42 Å². The minimum Gasteiger partial charge on any atom is -0.465 e. The fourth-order valence-electron chi connectivity index (χ4n) is 0.910. The Morgan fingerprint density at radius 1 is 1.62 bits per heavy atom. The van der Waals surface area contributed by atoms with Crippen LogP contribution in [0.1, 0.15) is 11.3 Å². The van der Waals surface area contributed by atoms with Crippen molar-refractivity contribution in [2.24, 2.45) is 5.73 Å². The van der Waals surface area contributed by atoms with Crippen LogP contribution in [0.4, 0.5) is 0 Å². The highest BCUT2D eigenvalue weighted by atomic mass is 32.1. The summed E-state index contributed by atoms with van der Waals surface area (Å²) in [5, 5.41) is 2.01. The molecule has 0 aliphatic rings. The molecular weight excluding hydrogens is 186 g/mol. The van der Waals surface area contributed by atoms with Gasteiger partial charge in [0.2, 0.25) is 0 Å². The molecule has 0 spiro atoms. The fourth-order valence-corrected chi connectivity index (χ4v) is 1.60. The van der Waals surface area contributed by atoms with Gasteiger partial charge in [0.15, 0.2) is 0 Å². The zero-order valence-corrected chi connectivity index (χ0v) is 8.18. The van der Waals surface area contributed by atoms with E-state index in [0.29, 0.717) is 19.6 Å². The Hall–Kier alpha value is -0.870. The van der Waals surface area contributed by atoms with Crippen LogP contribution >= 0.6 is 11.3 Å². The molecule has 1 heterocycles. The van der Waals surface area contributed by atoms with E-state index in [-0.39, 0.29) is 5.97 Å². The standard InChI is InChI=1S/C9H13NO2S/c10-5-3-9(11)12-6-4-8-2-1-7-13-8/h1-2,7H,3-6,10H2. The first-order valence-corrected chi connectivity index (χ1v) is 5.09. The zero-order valence-electron chi connectivity index (χ0n) is 7.36. The number of ether oxygens (including phenoxy) is 1. The summed E-state index contributed by atoms with van der Waals surface area (Å²) in [6, 6.07) is 4.02. The normalized spacial score (nSPS) is 9.92. The van der Waals surface area contributed by atoms with E-state index in [4.69, 9.17) is 10.5 Å². The van der Waals surface area contributed by atoms with Gasteiger partial charge in [-0.15, -0.1) is 11.3 Å². The van der Waals surface area contributed by atoms with Crippen LogP contribution < -0.4 is 5.73 Å². The predicted molar refractivity (Wildman–Crippen MR) is 52.7 cm³/mol. The first-order valence-electron chi connectivity index (χ1n) is 4.21. The van der Waals surface area contributed by atoms with Gasteiger partial charge in [0, 0.05) is 17.8 Å². The number of nitrogens with two attached hydrogens (primary N) is 1. The smallest absolute Gasteiger partial charge is 0.307 e. The van der Waals surface area contributed by atoms with Crippen LogP contribution in [0.2, 0.25) is 0 Å². The average Bonchev–Trinajstić information content (AvgIpc) is 2.57. The Bertz CT molecular complexity index is 246. The van der Waals surface area contributed by atoms with Gasteiger partial charge in [0.25, 0.3) is 0 Å². The number of carbonyl (C=O) groups is 1. The van der Waals surface area contributed by atoms with Crippen molar-refractivity contribution in [3.63, 3.8) is 0 Å². The quantitative estimate of drug-likeness (QED) is 0.724. The van der Waals surface area contributed by atoms with Gasteiger partial charge in [-0.2, -0.15) is 0 Å². The summed E-state index contributed by atoms with van der Waals surface area (Å²) in [5.74, 6) is -0.209. The average molecular weight is 199 g/mol. The number of hydrogen-bond acceptors (Lipinski definition) is 4. The Morgan fingerprint density at radius 3 is 3.08 bits per heavy atom. The van der Waals surface area contributed by atoms with Crippen molar-refractivity contribution in [2.45, 2.75) is 12.8 Å². The van der Waals surface area contributed by atoms with Crippen molar-refractivity contribution in [1.29, 1.82) is 0 Å². The van der Waals surface area contributed by atoms with Crippen molar-refractivity contribution in [3.8, 4) is 0 Å². The molecule has 1 rings (SSSR count). The summed E-state index contributed by atoms with van der Waals surface area (Å²) in [7, 11) is 0. The van der Waals surface area contributed by atoms with Crippen LogP contribution in [0, 0.1) is 0 Å². The van der Waals surface area contributed by atoms with Crippen molar-refractivity contribution in [1.82, 2.24) is 0 Å². The van der Waals surface area contributed by atoms with Gasteiger partial charge >= 0.3 is 5.97 Å². The molecular formula is C9H13NO2S. The zero-order chi connectivity index (χ0) is 9.52. The minimum atomic E-state index is -0.209. The molecule has 0 atom stereocenters. The van der Waals surface area contributed by atoms with E-state index in [1.807, 2.05) is 17.5 Å². The minimum absolute atomic E-state index is 0.209. The molecule has 0 aliphatic carbocycles. The van der Waals surface area contributed by atoms with E-state index < -0.39 is 0 Å². The monoisotopic (exact) mass is 199 g/mol. The number of carbonyl (C=O) groups excluding carboxylic acids is 1. The molecule has 1 aromatic rings. The summed E-state index contributed by atoms with van der Waals surface area (Å²) in [5.41, 5.74) is 5.20. The summed E-state index contributed by atoms with van der Waals surface area (Å²) in [6.07, 6.45) is 1.11. The van der Waals surface area contributed by atoms with E-state index in [2.05, 4.69) is 0 Å². The second-order valence-corrected chi connectivity index (χ2v) is 3.62. The van der Waals surface area contributed by atoms with Gasteiger partial charge in [-0.05, 0) is 11.4 Å². The lowest BCUT2D eigenvalue weighted by Gasteiger charge is -2.01. The van der Waals surface area contributed by atoms with Crippen LogP contribution in [0.15, 0.2) is 17.5 Å². The van der Waals surface area contributed by atoms with Crippen LogP contribution in [0.3, 0.4) is 0 Å².